The van der Waals surface area contributed by atoms with Crippen molar-refractivity contribution in [2.75, 3.05) is 18.6 Å². The zero-order chi connectivity index (χ0) is 14.0. The topological polar surface area (TPSA) is 84.7 Å². The van der Waals surface area contributed by atoms with E-state index in [-0.39, 0.29) is 25.0 Å². The van der Waals surface area contributed by atoms with Gasteiger partial charge in [0.15, 0.2) is 0 Å². The number of amides is 1. The zero-order valence-corrected chi connectivity index (χ0v) is 10.9. The molecule has 0 aromatic carbocycles. The van der Waals surface area contributed by atoms with E-state index in [1.807, 2.05) is 6.92 Å². The van der Waals surface area contributed by atoms with Gasteiger partial charge in [0.25, 0.3) is 0 Å². The van der Waals surface area contributed by atoms with Gasteiger partial charge in [0.1, 0.15) is 0 Å². The van der Waals surface area contributed by atoms with Gasteiger partial charge in [0, 0.05) is 26.3 Å². The Bertz CT molecular complexity index is 485. The number of nitrogens with zero attached hydrogens (tertiary/aromatic N) is 3. The molecule has 1 N–H and O–H groups in total. The van der Waals surface area contributed by atoms with E-state index in [1.165, 1.54) is 4.90 Å². The van der Waals surface area contributed by atoms with Crippen LogP contribution in [0.2, 0.25) is 0 Å². The van der Waals surface area contributed by atoms with Gasteiger partial charge in [-0.3, -0.25) is 14.3 Å². The Labute approximate surface area is 110 Å². The van der Waals surface area contributed by atoms with Gasteiger partial charge in [-0.25, -0.2) is 0 Å². The second kappa shape index (κ2) is 5.40. The third-order valence-corrected chi connectivity index (χ3v) is 3.25. The van der Waals surface area contributed by atoms with Gasteiger partial charge in [0.2, 0.25) is 5.91 Å². The number of hydrogen-bond acceptors (Lipinski definition) is 4. The first-order chi connectivity index (χ1) is 9.01. The summed E-state index contributed by atoms with van der Waals surface area (Å²) in [6.07, 6.45) is 3.38. The van der Waals surface area contributed by atoms with Gasteiger partial charge >= 0.3 is 5.97 Å². The minimum absolute atomic E-state index is 0.0220. The van der Waals surface area contributed by atoms with E-state index in [0.717, 1.165) is 0 Å². The number of hydrogen-bond donors (Lipinski definition) is 1. The number of carbonyl (C=O) groups is 2. The van der Waals surface area contributed by atoms with Crippen molar-refractivity contribution in [2.45, 2.75) is 26.0 Å². The van der Waals surface area contributed by atoms with E-state index in [9.17, 15) is 9.59 Å². The number of rotatable bonds is 5. The zero-order valence-electron chi connectivity index (χ0n) is 10.9. The van der Waals surface area contributed by atoms with Crippen molar-refractivity contribution in [3.05, 3.63) is 12.4 Å². The number of aromatic nitrogens is 2. The van der Waals surface area contributed by atoms with Crippen LogP contribution in [0.4, 0.5) is 5.69 Å². The van der Waals surface area contributed by atoms with Crippen molar-refractivity contribution in [2.24, 2.45) is 5.92 Å². The summed E-state index contributed by atoms with van der Waals surface area (Å²) in [4.78, 5) is 24.1. The molecule has 2 heterocycles. The average Bonchev–Trinajstić information content (AvgIpc) is 2.95. The molecular formula is C12H17N3O4. The lowest BCUT2D eigenvalue weighted by atomic mass is 10.1. The molecule has 7 heteroatoms. The van der Waals surface area contributed by atoms with E-state index < -0.39 is 11.9 Å². The minimum Gasteiger partial charge on any atom is -0.481 e. The second-order valence-corrected chi connectivity index (χ2v) is 4.71. The smallest absolute Gasteiger partial charge is 0.308 e. The van der Waals surface area contributed by atoms with Gasteiger partial charge in [-0.15, -0.1) is 0 Å². The molecule has 0 bridgehead atoms. The molecule has 1 aromatic rings. The molecule has 1 saturated heterocycles. The van der Waals surface area contributed by atoms with Crippen LogP contribution in [-0.2, 0) is 20.9 Å². The molecule has 0 spiro atoms. The molecule has 2 rings (SSSR count). The van der Waals surface area contributed by atoms with Crippen LogP contribution in [-0.4, -0.2) is 46.5 Å². The molecule has 1 amide bonds. The van der Waals surface area contributed by atoms with Crippen molar-refractivity contribution >= 4 is 17.6 Å². The lowest BCUT2D eigenvalue weighted by molar-refractivity contribution is -0.141. The summed E-state index contributed by atoms with van der Waals surface area (Å²) in [7, 11) is 1.62. The van der Waals surface area contributed by atoms with E-state index in [1.54, 1.807) is 24.2 Å². The van der Waals surface area contributed by atoms with Crippen LogP contribution in [0, 0.1) is 5.92 Å². The summed E-state index contributed by atoms with van der Waals surface area (Å²) in [5, 5.41) is 13.1. The first kappa shape index (κ1) is 13.5. The predicted molar refractivity (Wildman–Crippen MR) is 66.8 cm³/mol. The maximum atomic E-state index is 11.8. The van der Waals surface area contributed by atoms with Crippen molar-refractivity contribution in [3.63, 3.8) is 0 Å². The third kappa shape index (κ3) is 2.93. The molecule has 19 heavy (non-hydrogen) atoms. The maximum absolute atomic E-state index is 11.8. The SMILES string of the molecule is CO[C@@H](C)Cn1cc(N2C[C@@H](C(=O)O)CC2=O)cn1. The summed E-state index contributed by atoms with van der Waals surface area (Å²) < 4.78 is 6.82. The fraction of sp³-hybridized carbons (Fsp3) is 0.583. The molecule has 1 aliphatic rings. The first-order valence-corrected chi connectivity index (χ1v) is 6.09. The van der Waals surface area contributed by atoms with Crippen LogP contribution in [0.25, 0.3) is 0 Å². The molecule has 0 aliphatic carbocycles. The lowest BCUT2D eigenvalue weighted by Gasteiger charge is -2.13. The Morgan fingerprint density at radius 2 is 2.42 bits per heavy atom. The fourth-order valence-corrected chi connectivity index (χ4v) is 2.05. The Morgan fingerprint density at radius 1 is 1.68 bits per heavy atom. The molecule has 0 unspecified atom stereocenters. The molecule has 1 fully saturated rings. The van der Waals surface area contributed by atoms with Crippen LogP contribution in [0.5, 0.6) is 0 Å². The molecule has 0 saturated carbocycles. The summed E-state index contributed by atoms with van der Waals surface area (Å²) in [6, 6.07) is 0. The molecule has 1 aromatic heterocycles. The van der Waals surface area contributed by atoms with Gasteiger partial charge in [-0.1, -0.05) is 0 Å². The highest BCUT2D eigenvalue weighted by Crippen LogP contribution is 2.24. The summed E-state index contributed by atoms with van der Waals surface area (Å²) in [5.74, 6) is -1.74. The quantitative estimate of drug-likeness (QED) is 0.832. The maximum Gasteiger partial charge on any atom is 0.308 e. The van der Waals surface area contributed by atoms with Crippen LogP contribution < -0.4 is 4.90 Å². The summed E-state index contributed by atoms with van der Waals surface area (Å²) in [6.45, 7) is 2.71. The van der Waals surface area contributed by atoms with E-state index in [0.29, 0.717) is 12.2 Å². The van der Waals surface area contributed by atoms with Crippen molar-refractivity contribution in [1.29, 1.82) is 0 Å². The number of carboxylic acid groups (broad SMARTS) is 1. The van der Waals surface area contributed by atoms with Crippen LogP contribution in [0.15, 0.2) is 12.4 Å². The Hall–Kier alpha value is -1.89. The van der Waals surface area contributed by atoms with Crippen molar-refractivity contribution < 1.29 is 19.4 Å². The van der Waals surface area contributed by atoms with E-state index in [4.69, 9.17) is 9.84 Å². The van der Waals surface area contributed by atoms with Gasteiger partial charge in [0.05, 0.1) is 30.5 Å². The number of ether oxygens (including phenoxy) is 1. The first-order valence-electron chi connectivity index (χ1n) is 6.09. The molecule has 7 nitrogen and oxygen atoms in total. The lowest BCUT2D eigenvalue weighted by Crippen LogP contribution is -2.25. The highest BCUT2D eigenvalue weighted by atomic mass is 16.5. The Kier molecular flexibility index (Phi) is 3.84. The summed E-state index contributed by atoms with van der Waals surface area (Å²) >= 11 is 0. The number of carbonyl (C=O) groups excluding carboxylic acids is 1. The minimum atomic E-state index is -0.934. The molecular weight excluding hydrogens is 250 g/mol. The normalized spacial score (nSPS) is 20.8. The van der Waals surface area contributed by atoms with Crippen LogP contribution in [0.3, 0.4) is 0 Å². The van der Waals surface area contributed by atoms with Crippen molar-refractivity contribution in [1.82, 2.24) is 9.78 Å². The largest absolute Gasteiger partial charge is 0.481 e. The fourth-order valence-electron chi connectivity index (χ4n) is 2.05. The molecule has 0 radical (unpaired) electrons. The molecule has 2 atom stereocenters. The van der Waals surface area contributed by atoms with Gasteiger partial charge in [-0.2, -0.15) is 5.10 Å². The monoisotopic (exact) mass is 267 g/mol. The third-order valence-electron chi connectivity index (χ3n) is 3.25. The average molecular weight is 267 g/mol. The number of anilines is 1. The van der Waals surface area contributed by atoms with Crippen molar-refractivity contribution in [3.8, 4) is 0 Å². The number of methoxy groups -OCH3 is 1. The number of carboxylic acids is 1. The Morgan fingerprint density at radius 3 is 3.00 bits per heavy atom. The number of aliphatic carboxylic acids is 1. The summed E-state index contributed by atoms with van der Waals surface area (Å²) in [5.41, 5.74) is 0.636. The standard InChI is InChI=1S/C12H17N3O4/c1-8(19-2)5-14-7-10(4-13-14)15-6-9(12(17)18)3-11(15)16/h4,7-9H,3,5-6H2,1-2H3,(H,17,18)/t8-,9-/m0/s1. The molecule has 1 aliphatic heterocycles. The van der Waals surface area contributed by atoms with Crippen LogP contribution in [0.1, 0.15) is 13.3 Å². The second-order valence-electron chi connectivity index (χ2n) is 4.71. The van der Waals surface area contributed by atoms with Gasteiger partial charge in [-0.05, 0) is 6.92 Å². The highest BCUT2D eigenvalue weighted by molar-refractivity contribution is 5.98. The van der Waals surface area contributed by atoms with E-state index in [2.05, 4.69) is 5.10 Å². The highest BCUT2D eigenvalue weighted by Gasteiger charge is 2.35. The van der Waals surface area contributed by atoms with Crippen LogP contribution >= 0.6 is 0 Å². The Balaban J connectivity index is 2.06. The predicted octanol–water partition coefficient (Wildman–Crippen LogP) is 0.355. The van der Waals surface area contributed by atoms with Gasteiger partial charge < -0.3 is 14.7 Å². The molecule has 104 valence electrons. The van der Waals surface area contributed by atoms with E-state index >= 15 is 0 Å².